The predicted molar refractivity (Wildman–Crippen MR) is 77.2 cm³/mol. The zero-order valence-corrected chi connectivity index (χ0v) is 12.0. The highest BCUT2D eigenvalue weighted by Gasteiger charge is 2.46. The number of hydrogen-bond donors (Lipinski definition) is 2. The second-order valence-corrected chi connectivity index (χ2v) is 5.99. The van der Waals surface area contributed by atoms with Crippen molar-refractivity contribution in [2.45, 2.75) is 37.5 Å². The van der Waals surface area contributed by atoms with Crippen LogP contribution in [-0.2, 0) is 11.3 Å². The lowest BCUT2D eigenvalue weighted by Gasteiger charge is -2.43. The summed E-state index contributed by atoms with van der Waals surface area (Å²) in [6.07, 6.45) is 2.13. The van der Waals surface area contributed by atoms with Crippen molar-refractivity contribution in [2.75, 3.05) is 19.7 Å². The van der Waals surface area contributed by atoms with Gasteiger partial charge in [-0.05, 0) is 30.9 Å². The first-order valence-electron chi connectivity index (χ1n) is 7.46. The predicted octanol–water partition coefficient (Wildman–Crippen LogP) is 1.50. The Bertz CT molecular complexity index is 525. The summed E-state index contributed by atoms with van der Waals surface area (Å²) in [7, 11) is 0. The normalized spacial score (nSPS) is 29.9. The summed E-state index contributed by atoms with van der Waals surface area (Å²) in [5.74, 6) is -0.894. The maximum atomic E-state index is 11.3. The van der Waals surface area contributed by atoms with Gasteiger partial charge in [0.05, 0.1) is 11.7 Å². The second kappa shape index (κ2) is 5.75. The van der Waals surface area contributed by atoms with E-state index in [0.29, 0.717) is 31.7 Å². The molecule has 0 unspecified atom stereocenters. The smallest absolute Gasteiger partial charge is 0.336 e. The Hall–Kier alpha value is -1.43. The van der Waals surface area contributed by atoms with Crippen molar-refractivity contribution < 1.29 is 19.7 Å². The van der Waals surface area contributed by atoms with E-state index in [0.717, 1.165) is 24.9 Å². The fourth-order valence-electron chi connectivity index (χ4n) is 3.48. The van der Waals surface area contributed by atoms with Crippen molar-refractivity contribution in [1.82, 2.24) is 4.90 Å². The number of benzene rings is 1. The summed E-state index contributed by atoms with van der Waals surface area (Å²) >= 11 is 0. The van der Waals surface area contributed by atoms with Crippen molar-refractivity contribution in [1.29, 1.82) is 0 Å². The van der Waals surface area contributed by atoms with E-state index in [1.165, 1.54) is 0 Å². The minimum atomic E-state index is -0.894. The number of piperidine rings is 1. The monoisotopic (exact) mass is 291 g/mol. The van der Waals surface area contributed by atoms with Gasteiger partial charge in [0.15, 0.2) is 0 Å². The Labute approximate surface area is 124 Å². The molecule has 114 valence electrons. The average Bonchev–Trinajstić information content (AvgIpc) is 2.93. The maximum absolute atomic E-state index is 11.3. The molecule has 2 saturated heterocycles. The first-order valence-corrected chi connectivity index (χ1v) is 7.46. The number of ether oxygens (including phenoxy) is 1. The van der Waals surface area contributed by atoms with Crippen LogP contribution in [0.5, 0.6) is 0 Å². The van der Waals surface area contributed by atoms with Crippen LogP contribution < -0.4 is 0 Å². The van der Waals surface area contributed by atoms with Crippen molar-refractivity contribution in [3.63, 3.8) is 0 Å². The number of carbonyl (C=O) groups is 1. The van der Waals surface area contributed by atoms with Gasteiger partial charge in [0.2, 0.25) is 0 Å². The standard InChI is InChI=1S/C16H21NO4/c18-14-6-8-17(11-16(14)7-3-9-21-16)10-12-4-1-2-5-13(12)15(19)20/h1-2,4-5,14,18H,3,6-11H2,(H,19,20)/t14-,16-/m0/s1. The summed E-state index contributed by atoms with van der Waals surface area (Å²) in [4.78, 5) is 13.5. The maximum Gasteiger partial charge on any atom is 0.336 e. The van der Waals surface area contributed by atoms with Crippen LogP contribution in [0.3, 0.4) is 0 Å². The van der Waals surface area contributed by atoms with Crippen LogP contribution in [0.1, 0.15) is 35.2 Å². The highest BCUT2D eigenvalue weighted by Crippen LogP contribution is 2.35. The lowest BCUT2D eigenvalue weighted by molar-refractivity contribution is -0.132. The Morgan fingerprint density at radius 2 is 2.24 bits per heavy atom. The van der Waals surface area contributed by atoms with Gasteiger partial charge >= 0.3 is 5.97 Å². The van der Waals surface area contributed by atoms with Gasteiger partial charge in [-0.3, -0.25) is 4.90 Å². The first kappa shape index (κ1) is 14.5. The third-order valence-electron chi connectivity index (χ3n) is 4.59. The second-order valence-electron chi connectivity index (χ2n) is 5.99. The minimum absolute atomic E-state index is 0.352. The molecule has 2 atom stereocenters. The molecule has 0 bridgehead atoms. The molecule has 1 aromatic rings. The van der Waals surface area contributed by atoms with Gasteiger partial charge in [-0.15, -0.1) is 0 Å². The van der Waals surface area contributed by atoms with Crippen LogP contribution in [0, 0.1) is 0 Å². The van der Waals surface area contributed by atoms with E-state index in [1.807, 2.05) is 12.1 Å². The number of aliphatic hydroxyl groups excluding tert-OH is 1. The Morgan fingerprint density at radius 1 is 1.43 bits per heavy atom. The molecule has 2 heterocycles. The number of nitrogens with zero attached hydrogens (tertiary/aromatic N) is 1. The molecule has 1 aromatic carbocycles. The van der Waals surface area contributed by atoms with E-state index < -0.39 is 17.7 Å². The fourth-order valence-corrected chi connectivity index (χ4v) is 3.48. The molecule has 0 amide bonds. The van der Waals surface area contributed by atoms with Gasteiger partial charge in [-0.2, -0.15) is 0 Å². The van der Waals surface area contributed by atoms with Crippen molar-refractivity contribution in [2.24, 2.45) is 0 Å². The van der Waals surface area contributed by atoms with Crippen LogP contribution in [0.15, 0.2) is 24.3 Å². The molecule has 0 aromatic heterocycles. The summed E-state index contributed by atoms with van der Waals surface area (Å²) in [6.45, 7) is 2.72. The van der Waals surface area contributed by atoms with Gasteiger partial charge in [0.1, 0.15) is 5.60 Å². The van der Waals surface area contributed by atoms with Gasteiger partial charge in [0, 0.05) is 26.2 Å². The molecule has 5 nitrogen and oxygen atoms in total. The summed E-state index contributed by atoms with van der Waals surface area (Å²) in [6, 6.07) is 7.10. The molecule has 0 saturated carbocycles. The van der Waals surface area contributed by atoms with E-state index in [4.69, 9.17) is 4.74 Å². The number of carboxylic acids is 1. The summed E-state index contributed by atoms with van der Waals surface area (Å²) in [5.41, 5.74) is 0.718. The Balaban J connectivity index is 1.75. The quantitative estimate of drug-likeness (QED) is 0.883. The lowest BCUT2D eigenvalue weighted by Crippen LogP contribution is -2.56. The molecule has 5 heteroatoms. The molecule has 3 rings (SSSR count). The lowest BCUT2D eigenvalue weighted by atomic mass is 9.86. The molecule has 2 N–H and O–H groups in total. The molecule has 2 fully saturated rings. The summed E-state index contributed by atoms with van der Waals surface area (Å²) < 4.78 is 5.83. The van der Waals surface area contributed by atoms with Crippen LogP contribution in [0.4, 0.5) is 0 Å². The number of aromatic carboxylic acids is 1. The molecular formula is C16H21NO4. The molecule has 1 spiro atoms. The van der Waals surface area contributed by atoms with Crippen molar-refractivity contribution in [3.8, 4) is 0 Å². The molecular weight excluding hydrogens is 270 g/mol. The topological polar surface area (TPSA) is 70.0 Å². The van der Waals surface area contributed by atoms with E-state index in [2.05, 4.69) is 4.90 Å². The van der Waals surface area contributed by atoms with Crippen molar-refractivity contribution in [3.05, 3.63) is 35.4 Å². The largest absolute Gasteiger partial charge is 0.478 e. The zero-order chi connectivity index (χ0) is 14.9. The number of carboxylic acid groups (broad SMARTS) is 1. The third kappa shape index (κ3) is 2.81. The highest BCUT2D eigenvalue weighted by molar-refractivity contribution is 5.89. The van der Waals surface area contributed by atoms with Gasteiger partial charge in [-0.1, -0.05) is 18.2 Å². The molecule has 2 aliphatic heterocycles. The zero-order valence-electron chi connectivity index (χ0n) is 12.0. The van der Waals surface area contributed by atoms with E-state index in [9.17, 15) is 15.0 Å². The molecule has 2 aliphatic rings. The Kier molecular flexibility index (Phi) is 3.97. The van der Waals surface area contributed by atoms with E-state index >= 15 is 0 Å². The number of rotatable bonds is 3. The Morgan fingerprint density at radius 3 is 2.95 bits per heavy atom. The number of aliphatic hydroxyl groups is 1. The fraction of sp³-hybridized carbons (Fsp3) is 0.562. The first-order chi connectivity index (χ1) is 10.1. The van der Waals surface area contributed by atoms with Gasteiger partial charge < -0.3 is 14.9 Å². The highest BCUT2D eigenvalue weighted by atomic mass is 16.5. The van der Waals surface area contributed by atoms with E-state index in [1.54, 1.807) is 12.1 Å². The van der Waals surface area contributed by atoms with Crippen LogP contribution in [-0.4, -0.2) is 52.5 Å². The molecule has 0 aliphatic carbocycles. The summed E-state index contributed by atoms with van der Waals surface area (Å²) in [5, 5.41) is 19.5. The SMILES string of the molecule is O=C(O)c1ccccc1CN1CC[C@H](O)[C@]2(CCCO2)C1. The van der Waals surface area contributed by atoms with Gasteiger partial charge in [0.25, 0.3) is 0 Å². The molecule has 21 heavy (non-hydrogen) atoms. The number of hydrogen-bond acceptors (Lipinski definition) is 4. The van der Waals surface area contributed by atoms with E-state index in [-0.39, 0.29) is 0 Å². The third-order valence-corrected chi connectivity index (χ3v) is 4.59. The van der Waals surface area contributed by atoms with Gasteiger partial charge in [-0.25, -0.2) is 4.79 Å². The number of likely N-dealkylation sites (tertiary alicyclic amines) is 1. The molecule has 0 radical (unpaired) electrons. The minimum Gasteiger partial charge on any atom is -0.478 e. The van der Waals surface area contributed by atoms with Crippen molar-refractivity contribution >= 4 is 5.97 Å². The van der Waals surface area contributed by atoms with Crippen LogP contribution in [0.2, 0.25) is 0 Å². The van der Waals surface area contributed by atoms with Crippen LogP contribution >= 0.6 is 0 Å². The average molecular weight is 291 g/mol. The van der Waals surface area contributed by atoms with Crippen LogP contribution in [0.25, 0.3) is 0 Å².